The lowest BCUT2D eigenvalue weighted by atomic mass is 9.82. The third kappa shape index (κ3) is 6.59. The van der Waals surface area contributed by atoms with Crippen LogP contribution >= 0.6 is 11.8 Å². The monoisotopic (exact) mass is 435 g/mol. The van der Waals surface area contributed by atoms with Crippen molar-refractivity contribution in [1.82, 2.24) is 4.72 Å². The SMILES string of the molecule is CCC(C)(C)c1ccc(S(=O)(=O)NC(CSCc2ccccc2)C(=O)OC)cc1. The molecule has 29 heavy (non-hydrogen) atoms. The molecule has 2 aromatic rings. The quantitative estimate of drug-likeness (QED) is 0.568. The first-order valence-electron chi connectivity index (χ1n) is 9.52. The predicted octanol–water partition coefficient (Wildman–Crippen LogP) is 4.13. The Bertz CT molecular complexity index is 894. The van der Waals surface area contributed by atoms with E-state index in [-0.39, 0.29) is 16.1 Å². The molecule has 2 rings (SSSR count). The van der Waals surface area contributed by atoms with Crippen molar-refractivity contribution >= 4 is 27.8 Å². The number of ether oxygens (including phenoxy) is 1. The summed E-state index contributed by atoms with van der Waals surface area (Å²) in [5, 5.41) is 0. The van der Waals surface area contributed by atoms with Crippen molar-refractivity contribution in [3.8, 4) is 0 Å². The maximum atomic E-state index is 12.8. The normalized spacial score (nSPS) is 13.1. The van der Waals surface area contributed by atoms with Gasteiger partial charge < -0.3 is 4.74 Å². The van der Waals surface area contributed by atoms with Gasteiger partial charge in [0.05, 0.1) is 12.0 Å². The van der Waals surface area contributed by atoms with Gasteiger partial charge in [-0.3, -0.25) is 4.79 Å². The van der Waals surface area contributed by atoms with Crippen LogP contribution in [0.25, 0.3) is 0 Å². The standard InChI is InChI=1S/C22H29NO4S2/c1-5-22(2,3)18-11-13-19(14-12-18)29(25,26)23-20(21(24)27-4)16-28-15-17-9-7-6-8-10-17/h6-14,20,23H,5,15-16H2,1-4H3. The van der Waals surface area contributed by atoms with Crippen molar-refractivity contribution in [2.75, 3.05) is 12.9 Å². The first-order valence-corrected chi connectivity index (χ1v) is 12.2. The van der Waals surface area contributed by atoms with Gasteiger partial charge in [0.2, 0.25) is 10.0 Å². The Hall–Kier alpha value is -1.83. The summed E-state index contributed by atoms with van der Waals surface area (Å²) < 4.78 is 32.9. The summed E-state index contributed by atoms with van der Waals surface area (Å²) in [4.78, 5) is 12.3. The van der Waals surface area contributed by atoms with Gasteiger partial charge in [-0.2, -0.15) is 16.5 Å². The van der Waals surface area contributed by atoms with E-state index in [1.165, 1.54) is 18.9 Å². The molecule has 0 aromatic heterocycles. The van der Waals surface area contributed by atoms with Crippen LogP contribution in [0.2, 0.25) is 0 Å². The molecule has 0 amide bonds. The van der Waals surface area contributed by atoms with Crippen molar-refractivity contribution in [2.24, 2.45) is 0 Å². The van der Waals surface area contributed by atoms with E-state index in [1.54, 1.807) is 12.1 Å². The van der Waals surface area contributed by atoms with Crippen LogP contribution in [0.4, 0.5) is 0 Å². The average molecular weight is 436 g/mol. The Morgan fingerprint density at radius 2 is 1.72 bits per heavy atom. The highest BCUT2D eigenvalue weighted by molar-refractivity contribution is 7.98. The lowest BCUT2D eigenvalue weighted by Crippen LogP contribution is -2.43. The zero-order chi connectivity index (χ0) is 21.5. The van der Waals surface area contributed by atoms with Gasteiger partial charge in [0, 0.05) is 11.5 Å². The second-order valence-electron chi connectivity index (χ2n) is 7.46. The molecule has 1 unspecified atom stereocenters. The fourth-order valence-corrected chi connectivity index (χ4v) is 5.00. The van der Waals surface area contributed by atoms with E-state index in [1.807, 2.05) is 42.5 Å². The summed E-state index contributed by atoms with van der Waals surface area (Å²) in [6.45, 7) is 6.33. The third-order valence-electron chi connectivity index (χ3n) is 5.01. The number of nitrogens with one attached hydrogen (secondary N) is 1. The van der Waals surface area contributed by atoms with E-state index in [2.05, 4.69) is 25.5 Å². The van der Waals surface area contributed by atoms with Gasteiger partial charge in [-0.05, 0) is 35.1 Å². The second kappa shape index (κ2) is 10.3. The Labute approximate surface area is 178 Å². The fourth-order valence-electron chi connectivity index (χ4n) is 2.71. The molecule has 0 spiro atoms. The smallest absolute Gasteiger partial charge is 0.324 e. The number of hydrogen-bond donors (Lipinski definition) is 1. The van der Waals surface area contributed by atoms with E-state index < -0.39 is 22.0 Å². The molecule has 1 atom stereocenters. The van der Waals surface area contributed by atoms with Crippen LogP contribution in [0, 0.1) is 0 Å². The van der Waals surface area contributed by atoms with E-state index >= 15 is 0 Å². The first kappa shape index (κ1) is 23.4. The molecule has 0 fully saturated rings. The zero-order valence-corrected chi connectivity index (χ0v) is 19.0. The second-order valence-corrected chi connectivity index (χ2v) is 10.2. The topological polar surface area (TPSA) is 72.5 Å². The van der Waals surface area contributed by atoms with Gasteiger partial charge in [-0.1, -0.05) is 63.2 Å². The summed E-state index contributed by atoms with van der Waals surface area (Å²) in [7, 11) is -2.59. The maximum Gasteiger partial charge on any atom is 0.324 e. The maximum absolute atomic E-state index is 12.8. The van der Waals surface area contributed by atoms with Crippen molar-refractivity contribution in [3.05, 3.63) is 65.7 Å². The molecular formula is C22H29NO4S2. The van der Waals surface area contributed by atoms with Crippen molar-refractivity contribution in [1.29, 1.82) is 0 Å². The van der Waals surface area contributed by atoms with Crippen LogP contribution in [-0.2, 0) is 30.7 Å². The van der Waals surface area contributed by atoms with Crippen LogP contribution < -0.4 is 4.72 Å². The van der Waals surface area contributed by atoms with Crippen LogP contribution in [-0.4, -0.2) is 33.3 Å². The summed E-state index contributed by atoms with van der Waals surface area (Å²) in [6, 6.07) is 15.7. The lowest BCUT2D eigenvalue weighted by Gasteiger charge is -2.23. The minimum atomic E-state index is -3.84. The van der Waals surface area contributed by atoms with Crippen molar-refractivity contribution < 1.29 is 17.9 Å². The summed E-state index contributed by atoms with van der Waals surface area (Å²) in [5.74, 6) is 0.358. The van der Waals surface area contributed by atoms with Gasteiger partial charge in [0.15, 0.2) is 0 Å². The van der Waals surface area contributed by atoms with Crippen LogP contribution in [0.5, 0.6) is 0 Å². The highest BCUT2D eigenvalue weighted by Crippen LogP contribution is 2.27. The molecule has 0 bridgehead atoms. The lowest BCUT2D eigenvalue weighted by molar-refractivity contribution is -0.141. The van der Waals surface area contributed by atoms with Gasteiger partial charge in [-0.15, -0.1) is 0 Å². The number of sulfonamides is 1. The number of benzene rings is 2. The molecule has 0 aliphatic carbocycles. The number of esters is 1. The highest BCUT2D eigenvalue weighted by atomic mass is 32.2. The number of methoxy groups -OCH3 is 1. The number of hydrogen-bond acceptors (Lipinski definition) is 5. The van der Waals surface area contributed by atoms with Crippen LogP contribution in [0.1, 0.15) is 38.3 Å². The largest absolute Gasteiger partial charge is 0.468 e. The molecule has 0 saturated heterocycles. The van der Waals surface area contributed by atoms with E-state index in [0.717, 1.165) is 17.5 Å². The van der Waals surface area contributed by atoms with E-state index in [9.17, 15) is 13.2 Å². The van der Waals surface area contributed by atoms with E-state index in [0.29, 0.717) is 5.75 Å². The van der Waals surface area contributed by atoms with Gasteiger partial charge in [0.25, 0.3) is 0 Å². The van der Waals surface area contributed by atoms with Gasteiger partial charge >= 0.3 is 5.97 Å². The Morgan fingerprint density at radius 1 is 1.10 bits per heavy atom. The van der Waals surface area contributed by atoms with Crippen molar-refractivity contribution in [2.45, 2.75) is 49.3 Å². The highest BCUT2D eigenvalue weighted by Gasteiger charge is 2.27. The van der Waals surface area contributed by atoms with Crippen molar-refractivity contribution in [3.63, 3.8) is 0 Å². The first-order chi connectivity index (χ1) is 13.7. The van der Waals surface area contributed by atoms with Gasteiger partial charge in [0.1, 0.15) is 6.04 Å². The average Bonchev–Trinajstić information content (AvgIpc) is 2.73. The molecule has 7 heteroatoms. The minimum Gasteiger partial charge on any atom is -0.468 e. The molecule has 5 nitrogen and oxygen atoms in total. The molecular weight excluding hydrogens is 406 g/mol. The molecule has 0 heterocycles. The summed E-state index contributed by atoms with van der Waals surface area (Å²) in [5.41, 5.74) is 2.15. The zero-order valence-electron chi connectivity index (χ0n) is 17.3. The molecule has 0 aliphatic heterocycles. The predicted molar refractivity (Wildman–Crippen MR) is 118 cm³/mol. The molecule has 2 aromatic carbocycles. The summed E-state index contributed by atoms with van der Waals surface area (Å²) in [6.07, 6.45) is 0.945. The Balaban J connectivity index is 2.09. The number of thioether (sulfide) groups is 1. The van der Waals surface area contributed by atoms with E-state index in [4.69, 9.17) is 4.74 Å². The molecule has 0 saturated carbocycles. The third-order valence-corrected chi connectivity index (χ3v) is 7.60. The minimum absolute atomic E-state index is 0.0294. The number of rotatable bonds is 10. The fraction of sp³-hybridized carbons (Fsp3) is 0.409. The Morgan fingerprint density at radius 3 is 2.28 bits per heavy atom. The molecule has 1 N–H and O–H groups in total. The summed E-state index contributed by atoms with van der Waals surface area (Å²) >= 11 is 1.48. The molecule has 0 aliphatic rings. The van der Waals surface area contributed by atoms with Crippen LogP contribution in [0.3, 0.4) is 0 Å². The number of carbonyl (C=O) groups is 1. The Kier molecular flexibility index (Phi) is 8.31. The van der Waals surface area contributed by atoms with Crippen LogP contribution in [0.15, 0.2) is 59.5 Å². The molecule has 0 radical (unpaired) electrons. The van der Waals surface area contributed by atoms with Gasteiger partial charge in [-0.25, -0.2) is 8.42 Å². The molecule has 158 valence electrons. The number of carbonyl (C=O) groups excluding carboxylic acids is 1.